The van der Waals surface area contributed by atoms with Crippen molar-refractivity contribution in [3.63, 3.8) is 0 Å². The molecule has 0 aromatic heterocycles. The summed E-state index contributed by atoms with van der Waals surface area (Å²) in [6.07, 6.45) is 2.27. The number of hydrogen-bond acceptors (Lipinski definition) is 2. The number of rotatable bonds is 1. The van der Waals surface area contributed by atoms with Gasteiger partial charge in [0.2, 0.25) is 0 Å². The van der Waals surface area contributed by atoms with Crippen LogP contribution in [0.2, 0.25) is 12.6 Å². The Balaban J connectivity index is 2.23. The number of piperidine rings is 1. The van der Waals surface area contributed by atoms with E-state index in [0.717, 1.165) is 25.9 Å². The Morgan fingerprint density at radius 3 is 2.33 bits per heavy atom. The van der Waals surface area contributed by atoms with E-state index in [9.17, 15) is 0 Å². The van der Waals surface area contributed by atoms with Gasteiger partial charge in [-0.15, -0.1) is 0 Å². The fraction of sp³-hybridized carbons (Fsp3) is 1.00. The van der Waals surface area contributed by atoms with Crippen molar-refractivity contribution in [3.8, 4) is 0 Å². The van der Waals surface area contributed by atoms with Gasteiger partial charge >= 0.3 is 0 Å². The molecule has 0 aromatic carbocycles. The SMILES string of the molecule is CB(O)C1CCNCC1. The quantitative estimate of drug-likeness (QED) is 0.498. The van der Waals surface area contributed by atoms with Gasteiger partial charge in [-0.2, -0.15) is 0 Å². The highest BCUT2D eigenvalue weighted by Crippen LogP contribution is 2.19. The predicted octanol–water partition coefficient (Wildman–Crippen LogP) is 0.354. The van der Waals surface area contributed by atoms with E-state index >= 15 is 0 Å². The second kappa shape index (κ2) is 3.23. The minimum atomic E-state index is -0.105. The van der Waals surface area contributed by atoms with Crippen LogP contribution in [-0.2, 0) is 0 Å². The lowest BCUT2D eigenvalue weighted by atomic mass is 9.55. The highest BCUT2D eigenvalue weighted by Gasteiger charge is 2.20. The predicted molar refractivity (Wildman–Crippen MR) is 39.7 cm³/mol. The van der Waals surface area contributed by atoms with Crippen LogP contribution >= 0.6 is 0 Å². The molecule has 1 saturated heterocycles. The molecule has 0 spiro atoms. The van der Waals surface area contributed by atoms with Crippen LogP contribution in [-0.4, -0.2) is 25.0 Å². The van der Waals surface area contributed by atoms with Crippen molar-refractivity contribution in [2.75, 3.05) is 13.1 Å². The molecule has 0 saturated carbocycles. The molecule has 0 unspecified atom stereocenters. The molecule has 3 heteroatoms. The van der Waals surface area contributed by atoms with Crippen molar-refractivity contribution in [2.45, 2.75) is 25.5 Å². The summed E-state index contributed by atoms with van der Waals surface area (Å²) in [5.41, 5.74) is 0. The van der Waals surface area contributed by atoms with E-state index in [1.54, 1.807) is 0 Å². The van der Waals surface area contributed by atoms with Crippen LogP contribution in [0, 0.1) is 0 Å². The minimum Gasteiger partial charge on any atom is -0.450 e. The Labute approximate surface area is 56.8 Å². The maximum Gasteiger partial charge on any atom is 0.289 e. The molecule has 1 rings (SSSR count). The molecule has 0 bridgehead atoms. The number of nitrogens with one attached hydrogen (secondary N) is 1. The first kappa shape index (κ1) is 7.10. The van der Waals surface area contributed by atoms with Gasteiger partial charge in [0.05, 0.1) is 0 Å². The second-order valence-corrected chi connectivity index (χ2v) is 2.83. The standard InChI is InChI=1S/C6H14BNO/c1-7(9)6-2-4-8-5-3-6/h6,8-9H,2-5H2,1H3. The average Bonchev–Trinajstić information content (AvgIpc) is 1.90. The third-order valence-electron chi connectivity index (χ3n) is 2.07. The zero-order valence-corrected chi connectivity index (χ0v) is 5.93. The first-order valence-electron chi connectivity index (χ1n) is 3.69. The van der Waals surface area contributed by atoms with Gasteiger partial charge < -0.3 is 10.3 Å². The zero-order chi connectivity index (χ0) is 6.69. The normalized spacial score (nSPS) is 22.0. The molecule has 9 heavy (non-hydrogen) atoms. The van der Waals surface area contributed by atoms with Gasteiger partial charge in [0.1, 0.15) is 0 Å². The van der Waals surface area contributed by atoms with Crippen molar-refractivity contribution in [1.29, 1.82) is 0 Å². The zero-order valence-electron chi connectivity index (χ0n) is 5.93. The molecule has 1 aliphatic rings. The molecule has 0 radical (unpaired) electrons. The van der Waals surface area contributed by atoms with Crippen LogP contribution in [0.3, 0.4) is 0 Å². The van der Waals surface area contributed by atoms with Crippen molar-refractivity contribution >= 4 is 6.92 Å². The summed E-state index contributed by atoms with van der Waals surface area (Å²) < 4.78 is 0. The van der Waals surface area contributed by atoms with Gasteiger partial charge in [0.25, 0.3) is 6.92 Å². The van der Waals surface area contributed by atoms with E-state index in [-0.39, 0.29) is 6.92 Å². The second-order valence-electron chi connectivity index (χ2n) is 2.83. The molecule has 0 aromatic rings. The molecule has 1 heterocycles. The van der Waals surface area contributed by atoms with Gasteiger partial charge in [-0.25, -0.2) is 0 Å². The van der Waals surface area contributed by atoms with Crippen molar-refractivity contribution in [3.05, 3.63) is 0 Å². The highest BCUT2D eigenvalue weighted by molar-refractivity contribution is 6.50. The van der Waals surface area contributed by atoms with Crippen molar-refractivity contribution in [1.82, 2.24) is 5.32 Å². The molecule has 2 nitrogen and oxygen atoms in total. The maximum atomic E-state index is 9.15. The lowest BCUT2D eigenvalue weighted by molar-refractivity contribution is 0.465. The first-order valence-corrected chi connectivity index (χ1v) is 3.69. The van der Waals surface area contributed by atoms with Crippen LogP contribution in [0.15, 0.2) is 0 Å². The van der Waals surface area contributed by atoms with Gasteiger partial charge in [0.15, 0.2) is 0 Å². The number of hydrogen-bond donors (Lipinski definition) is 2. The molecule has 0 amide bonds. The summed E-state index contributed by atoms with van der Waals surface area (Å²) >= 11 is 0. The Kier molecular flexibility index (Phi) is 2.55. The molecule has 1 aliphatic heterocycles. The summed E-state index contributed by atoms with van der Waals surface area (Å²) in [6.45, 7) is 3.94. The van der Waals surface area contributed by atoms with Crippen LogP contribution in [0.25, 0.3) is 0 Å². The fourth-order valence-corrected chi connectivity index (χ4v) is 1.33. The smallest absolute Gasteiger partial charge is 0.289 e. The van der Waals surface area contributed by atoms with Crippen LogP contribution < -0.4 is 5.32 Å². The molecule has 1 fully saturated rings. The van der Waals surface area contributed by atoms with E-state index < -0.39 is 0 Å². The molecule has 0 aliphatic carbocycles. The molecular weight excluding hydrogens is 113 g/mol. The summed E-state index contributed by atoms with van der Waals surface area (Å²) in [7, 11) is 0. The summed E-state index contributed by atoms with van der Waals surface area (Å²) in [5, 5.41) is 12.4. The van der Waals surface area contributed by atoms with E-state index in [4.69, 9.17) is 5.02 Å². The first-order chi connectivity index (χ1) is 4.30. The van der Waals surface area contributed by atoms with Gasteiger partial charge in [-0.1, -0.05) is 6.82 Å². The van der Waals surface area contributed by atoms with Crippen molar-refractivity contribution in [2.24, 2.45) is 0 Å². The highest BCUT2D eigenvalue weighted by atomic mass is 16.2. The lowest BCUT2D eigenvalue weighted by Crippen LogP contribution is -2.31. The van der Waals surface area contributed by atoms with E-state index in [2.05, 4.69) is 5.32 Å². The molecule has 52 valence electrons. The van der Waals surface area contributed by atoms with Crippen LogP contribution in [0.4, 0.5) is 0 Å². The fourth-order valence-electron chi connectivity index (χ4n) is 1.33. The Hall–Kier alpha value is -0.0151. The van der Waals surface area contributed by atoms with Crippen LogP contribution in [0.1, 0.15) is 12.8 Å². The average molecular weight is 127 g/mol. The minimum absolute atomic E-state index is 0.105. The third kappa shape index (κ3) is 1.99. The van der Waals surface area contributed by atoms with Gasteiger partial charge in [0, 0.05) is 0 Å². The lowest BCUT2D eigenvalue weighted by Gasteiger charge is -2.22. The summed E-state index contributed by atoms with van der Waals surface area (Å²) in [6, 6.07) is 0. The van der Waals surface area contributed by atoms with Crippen LogP contribution in [0.5, 0.6) is 0 Å². The monoisotopic (exact) mass is 127 g/mol. The molecule has 2 N–H and O–H groups in total. The largest absolute Gasteiger partial charge is 0.450 e. The maximum absolute atomic E-state index is 9.15. The van der Waals surface area contributed by atoms with E-state index in [0.29, 0.717) is 5.82 Å². The third-order valence-corrected chi connectivity index (χ3v) is 2.07. The Morgan fingerprint density at radius 2 is 2.00 bits per heavy atom. The van der Waals surface area contributed by atoms with Gasteiger partial charge in [-0.05, 0) is 31.7 Å². The van der Waals surface area contributed by atoms with Gasteiger partial charge in [-0.3, -0.25) is 0 Å². The topological polar surface area (TPSA) is 32.3 Å². The van der Waals surface area contributed by atoms with Crippen molar-refractivity contribution < 1.29 is 5.02 Å². The summed E-state index contributed by atoms with van der Waals surface area (Å²) in [4.78, 5) is 0. The molecular formula is C6H14BNO. The van der Waals surface area contributed by atoms with E-state index in [1.807, 2.05) is 6.82 Å². The Morgan fingerprint density at radius 1 is 1.44 bits per heavy atom. The Bertz CT molecular complexity index is 81.1. The summed E-state index contributed by atoms with van der Waals surface area (Å²) in [5.74, 6) is 0.547. The molecule has 0 atom stereocenters. The van der Waals surface area contributed by atoms with E-state index in [1.165, 1.54) is 0 Å².